The third kappa shape index (κ3) is 5.04. The quantitative estimate of drug-likeness (QED) is 0.379. The number of rotatable bonds is 7. The molecule has 28 heavy (non-hydrogen) atoms. The number of nitriles is 1. The molecule has 0 saturated heterocycles. The number of phenolic OH excluding ortho intramolecular Hbond substituents is 1. The Hall–Kier alpha value is -3.46. The first kappa shape index (κ1) is 20.8. The molecule has 146 valence electrons. The molecule has 0 heterocycles. The third-order valence-corrected chi connectivity index (χ3v) is 4.53. The Bertz CT molecular complexity index is 925. The molecule has 0 atom stereocenters. The summed E-state index contributed by atoms with van der Waals surface area (Å²) in [6.45, 7) is 9.83. The molecule has 0 aromatic heterocycles. The molecular formula is C22H26N4O2. The molecule has 0 radical (unpaired) electrons. The maximum atomic E-state index is 12.4. The number of amides is 1. The van der Waals surface area contributed by atoms with Gasteiger partial charge in [-0.05, 0) is 75.2 Å². The summed E-state index contributed by atoms with van der Waals surface area (Å²) in [5.74, 6) is -0.391. The van der Waals surface area contributed by atoms with Crippen molar-refractivity contribution in [1.82, 2.24) is 0 Å². The summed E-state index contributed by atoms with van der Waals surface area (Å²) in [6.07, 6.45) is 1.41. The number of nitrogens with zero attached hydrogens (tertiary/aromatic N) is 2. The van der Waals surface area contributed by atoms with Gasteiger partial charge in [0.15, 0.2) is 0 Å². The number of hydrogen-bond donors (Lipinski definition) is 3. The Morgan fingerprint density at radius 3 is 2.32 bits per heavy atom. The van der Waals surface area contributed by atoms with E-state index in [4.69, 9.17) is 0 Å². The first-order chi connectivity index (χ1) is 13.4. The van der Waals surface area contributed by atoms with Crippen molar-refractivity contribution in [3.63, 3.8) is 0 Å². The molecule has 2 aromatic carbocycles. The normalized spacial score (nSPS) is 10.9. The predicted molar refractivity (Wildman–Crippen MR) is 114 cm³/mol. The van der Waals surface area contributed by atoms with Crippen molar-refractivity contribution in [3.05, 3.63) is 59.3 Å². The first-order valence-corrected chi connectivity index (χ1v) is 9.23. The molecule has 2 aromatic rings. The maximum Gasteiger partial charge on any atom is 0.267 e. The molecule has 6 heteroatoms. The van der Waals surface area contributed by atoms with Crippen LogP contribution in [0.1, 0.15) is 25.0 Å². The van der Waals surface area contributed by atoms with Gasteiger partial charge in [-0.2, -0.15) is 5.26 Å². The molecule has 0 spiro atoms. The minimum Gasteiger partial charge on any atom is -0.508 e. The fourth-order valence-electron chi connectivity index (χ4n) is 2.87. The largest absolute Gasteiger partial charge is 0.508 e. The Morgan fingerprint density at radius 1 is 1.11 bits per heavy atom. The third-order valence-electron chi connectivity index (χ3n) is 4.53. The van der Waals surface area contributed by atoms with Gasteiger partial charge >= 0.3 is 0 Å². The maximum absolute atomic E-state index is 12.4. The van der Waals surface area contributed by atoms with E-state index in [9.17, 15) is 15.2 Å². The van der Waals surface area contributed by atoms with Gasteiger partial charge in [-0.3, -0.25) is 4.79 Å². The number of hydrogen-bond acceptors (Lipinski definition) is 5. The number of nitrogens with one attached hydrogen (secondary N) is 2. The van der Waals surface area contributed by atoms with Crippen LogP contribution >= 0.6 is 0 Å². The molecule has 0 aliphatic heterocycles. The van der Waals surface area contributed by atoms with E-state index in [1.807, 2.05) is 25.1 Å². The number of aryl methyl sites for hydroxylation is 2. The monoisotopic (exact) mass is 378 g/mol. The van der Waals surface area contributed by atoms with Gasteiger partial charge in [0, 0.05) is 36.4 Å². The van der Waals surface area contributed by atoms with Crippen LogP contribution in [0.5, 0.6) is 5.75 Å². The topological polar surface area (TPSA) is 88.4 Å². The van der Waals surface area contributed by atoms with Crippen molar-refractivity contribution in [2.75, 3.05) is 28.6 Å². The summed E-state index contributed by atoms with van der Waals surface area (Å²) in [4.78, 5) is 14.6. The number of benzene rings is 2. The van der Waals surface area contributed by atoms with E-state index in [1.165, 1.54) is 12.3 Å². The Labute approximate surface area is 166 Å². The minimum absolute atomic E-state index is 0.0419. The van der Waals surface area contributed by atoms with Crippen molar-refractivity contribution in [1.29, 1.82) is 5.26 Å². The fraction of sp³-hybridized carbons (Fsp3) is 0.273. The van der Waals surface area contributed by atoms with E-state index in [2.05, 4.69) is 35.4 Å². The molecule has 6 nitrogen and oxygen atoms in total. The van der Waals surface area contributed by atoms with Crippen LogP contribution in [-0.2, 0) is 4.79 Å². The van der Waals surface area contributed by atoms with Gasteiger partial charge in [0.1, 0.15) is 17.4 Å². The molecule has 1 amide bonds. The summed E-state index contributed by atoms with van der Waals surface area (Å²) in [5, 5.41) is 24.6. The van der Waals surface area contributed by atoms with Gasteiger partial charge in [0.05, 0.1) is 0 Å². The van der Waals surface area contributed by atoms with Gasteiger partial charge in [0.2, 0.25) is 0 Å². The highest BCUT2D eigenvalue weighted by Gasteiger charge is 2.11. The molecule has 0 fully saturated rings. The number of carbonyl (C=O) groups is 1. The summed E-state index contributed by atoms with van der Waals surface area (Å²) in [6, 6.07) is 12.6. The molecule has 0 bridgehead atoms. The van der Waals surface area contributed by atoms with Crippen LogP contribution in [-0.4, -0.2) is 24.1 Å². The molecule has 0 aliphatic rings. The highest BCUT2D eigenvalue weighted by atomic mass is 16.3. The van der Waals surface area contributed by atoms with Crippen molar-refractivity contribution in [2.45, 2.75) is 27.7 Å². The predicted octanol–water partition coefficient (Wildman–Crippen LogP) is 4.31. The average Bonchev–Trinajstić information content (AvgIpc) is 2.67. The van der Waals surface area contributed by atoms with E-state index < -0.39 is 5.91 Å². The molecular weight excluding hydrogens is 352 g/mol. The smallest absolute Gasteiger partial charge is 0.267 e. The summed E-state index contributed by atoms with van der Waals surface area (Å²) >= 11 is 0. The van der Waals surface area contributed by atoms with Crippen LogP contribution in [0.15, 0.2) is 48.2 Å². The van der Waals surface area contributed by atoms with Gasteiger partial charge in [0.25, 0.3) is 5.91 Å². The average molecular weight is 378 g/mol. The molecule has 3 N–H and O–H groups in total. The number of carbonyl (C=O) groups excluding carboxylic acids is 1. The van der Waals surface area contributed by atoms with Crippen LogP contribution < -0.4 is 15.5 Å². The second kappa shape index (κ2) is 9.47. The van der Waals surface area contributed by atoms with Crippen LogP contribution in [0.25, 0.3) is 0 Å². The highest BCUT2D eigenvalue weighted by molar-refractivity contribution is 6.07. The zero-order chi connectivity index (χ0) is 20.7. The van der Waals surface area contributed by atoms with Crippen LogP contribution in [0.3, 0.4) is 0 Å². The molecule has 0 saturated carbocycles. The van der Waals surface area contributed by atoms with E-state index in [0.717, 1.165) is 30.0 Å². The lowest BCUT2D eigenvalue weighted by Gasteiger charge is -2.22. The minimum atomic E-state index is -0.513. The van der Waals surface area contributed by atoms with Crippen LogP contribution in [0.4, 0.5) is 17.1 Å². The first-order valence-electron chi connectivity index (χ1n) is 9.23. The van der Waals surface area contributed by atoms with Crippen LogP contribution in [0.2, 0.25) is 0 Å². The Balaban J connectivity index is 2.14. The lowest BCUT2D eigenvalue weighted by molar-refractivity contribution is -0.112. The van der Waals surface area contributed by atoms with Crippen molar-refractivity contribution in [3.8, 4) is 11.8 Å². The number of aromatic hydroxyl groups is 1. The van der Waals surface area contributed by atoms with Gasteiger partial charge in [-0.1, -0.05) is 0 Å². The van der Waals surface area contributed by atoms with Gasteiger partial charge in [-0.15, -0.1) is 0 Å². The van der Waals surface area contributed by atoms with E-state index in [-0.39, 0.29) is 11.3 Å². The Kier molecular flexibility index (Phi) is 7.05. The number of phenols is 1. The SMILES string of the molecule is CCN(CC)c1ccc(N/C=C(/C#N)C(=O)Nc2ccc(O)cc2C)c(C)c1. The van der Waals surface area contributed by atoms with E-state index in [1.54, 1.807) is 19.1 Å². The summed E-state index contributed by atoms with van der Waals surface area (Å²) in [7, 11) is 0. The van der Waals surface area contributed by atoms with Crippen molar-refractivity contribution >= 4 is 23.0 Å². The van der Waals surface area contributed by atoms with E-state index in [0.29, 0.717) is 11.3 Å². The van der Waals surface area contributed by atoms with Crippen molar-refractivity contribution < 1.29 is 9.90 Å². The second-order valence-corrected chi connectivity index (χ2v) is 6.44. The van der Waals surface area contributed by atoms with Gasteiger partial charge in [-0.25, -0.2) is 0 Å². The van der Waals surface area contributed by atoms with Gasteiger partial charge < -0.3 is 20.6 Å². The molecule has 2 rings (SSSR count). The summed E-state index contributed by atoms with van der Waals surface area (Å²) in [5.41, 5.74) is 4.20. The molecule has 0 unspecified atom stereocenters. The number of anilines is 3. The highest BCUT2D eigenvalue weighted by Crippen LogP contribution is 2.23. The van der Waals surface area contributed by atoms with Crippen molar-refractivity contribution in [2.24, 2.45) is 0 Å². The standard InChI is InChI=1S/C22H26N4O2/c1-5-26(6-2)18-7-9-20(15(3)11-18)24-14-17(13-23)22(28)25-21-10-8-19(27)12-16(21)4/h7-12,14,24,27H,5-6H2,1-4H3,(H,25,28)/b17-14-. The zero-order valence-corrected chi connectivity index (χ0v) is 16.7. The fourth-order valence-corrected chi connectivity index (χ4v) is 2.87. The second-order valence-electron chi connectivity index (χ2n) is 6.44. The molecule has 0 aliphatic carbocycles. The lowest BCUT2D eigenvalue weighted by atomic mass is 10.1. The van der Waals surface area contributed by atoms with Crippen LogP contribution in [0, 0.1) is 25.2 Å². The lowest BCUT2D eigenvalue weighted by Crippen LogP contribution is -2.21. The summed E-state index contributed by atoms with van der Waals surface area (Å²) < 4.78 is 0. The van der Waals surface area contributed by atoms with E-state index >= 15 is 0 Å². The Morgan fingerprint density at radius 2 is 1.75 bits per heavy atom. The zero-order valence-electron chi connectivity index (χ0n) is 16.7.